The van der Waals surface area contributed by atoms with Crippen LogP contribution in [0.3, 0.4) is 0 Å². The van der Waals surface area contributed by atoms with Gasteiger partial charge < -0.3 is 0 Å². The number of benzene rings is 1. The van der Waals surface area contributed by atoms with Crippen LogP contribution in [0.5, 0.6) is 0 Å². The molecule has 0 radical (unpaired) electrons. The van der Waals surface area contributed by atoms with Crippen molar-refractivity contribution in [1.29, 1.82) is 0 Å². The lowest BCUT2D eigenvalue weighted by molar-refractivity contribution is 0.793. The van der Waals surface area contributed by atoms with Crippen molar-refractivity contribution in [3.8, 4) is 10.6 Å². The third-order valence-corrected chi connectivity index (χ3v) is 4.41. The summed E-state index contributed by atoms with van der Waals surface area (Å²) in [6.07, 6.45) is 5.30. The SMILES string of the molecule is c1ccc(CCc2nnc3sc(-c4ccncc4)nn23)cc1. The fourth-order valence-electron chi connectivity index (χ4n) is 2.33. The molecule has 5 nitrogen and oxygen atoms in total. The van der Waals surface area contributed by atoms with Gasteiger partial charge in [0.25, 0.3) is 0 Å². The van der Waals surface area contributed by atoms with E-state index < -0.39 is 0 Å². The van der Waals surface area contributed by atoms with Gasteiger partial charge in [-0.25, -0.2) is 0 Å². The van der Waals surface area contributed by atoms with E-state index in [4.69, 9.17) is 0 Å². The number of pyridine rings is 1. The molecule has 4 aromatic rings. The first-order valence-corrected chi connectivity index (χ1v) is 7.87. The van der Waals surface area contributed by atoms with Gasteiger partial charge in [-0.15, -0.1) is 10.2 Å². The lowest BCUT2D eigenvalue weighted by atomic mass is 10.1. The van der Waals surface area contributed by atoms with Crippen LogP contribution in [0.2, 0.25) is 0 Å². The summed E-state index contributed by atoms with van der Waals surface area (Å²) in [5.74, 6) is 0.899. The van der Waals surface area contributed by atoms with Gasteiger partial charge in [0.05, 0.1) is 0 Å². The summed E-state index contributed by atoms with van der Waals surface area (Å²) in [6.45, 7) is 0. The van der Waals surface area contributed by atoms with Gasteiger partial charge in [0.15, 0.2) is 5.82 Å². The predicted octanol–water partition coefficient (Wildman–Crippen LogP) is 3.03. The van der Waals surface area contributed by atoms with Crippen molar-refractivity contribution in [3.63, 3.8) is 0 Å². The Morgan fingerprint density at radius 2 is 1.73 bits per heavy atom. The van der Waals surface area contributed by atoms with Crippen LogP contribution in [0.4, 0.5) is 0 Å². The second kappa shape index (κ2) is 5.65. The monoisotopic (exact) mass is 307 g/mol. The summed E-state index contributed by atoms with van der Waals surface area (Å²) in [4.78, 5) is 4.86. The maximum absolute atomic E-state index is 4.64. The minimum absolute atomic E-state index is 0.824. The Bertz CT molecular complexity index is 883. The zero-order chi connectivity index (χ0) is 14.8. The van der Waals surface area contributed by atoms with Gasteiger partial charge in [0, 0.05) is 24.4 Å². The summed E-state index contributed by atoms with van der Waals surface area (Å²) < 4.78 is 1.85. The number of nitrogens with zero attached hydrogens (tertiary/aromatic N) is 5. The normalized spacial score (nSPS) is 11.1. The van der Waals surface area contributed by atoms with Crippen LogP contribution in [-0.2, 0) is 12.8 Å². The average molecular weight is 307 g/mol. The van der Waals surface area contributed by atoms with Crippen molar-refractivity contribution < 1.29 is 0 Å². The molecule has 0 unspecified atom stereocenters. The minimum Gasteiger partial charge on any atom is -0.265 e. The van der Waals surface area contributed by atoms with E-state index in [2.05, 4.69) is 44.5 Å². The number of hydrogen-bond acceptors (Lipinski definition) is 5. The van der Waals surface area contributed by atoms with Crippen molar-refractivity contribution in [3.05, 3.63) is 66.2 Å². The Balaban J connectivity index is 1.61. The molecule has 4 rings (SSSR count). The first-order chi connectivity index (χ1) is 10.9. The third-order valence-electron chi connectivity index (χ3n) is 3.46. The highest BCUT2D eigenvalue weighted by atomic mass is 32.1. The quantitative estimate of drug-likeness (QED) is 0.581. The van der Waals surface area contributed by atoms with E-state index in [0.29, 0.717) is 0 Å². The Labute approximate surface area is 131 Å². The molecule has 0 atom stereocenters. The second-order valence-corrected chi connectivity index (χ2v) is 5.90. The molecule has 0 saturated heterocycles. The molecular weight excluding hydrogens is 294 g/mol. The maximum atomic E-state index is 4.64. The molecule has 1 aromatic carbocycles. The van der Waals surface area contributed by atoms with Crippen LogP contribution in [0, 0.1) is 0 Å². The lowest BCUT2D eigenvalue weighted by Gasteiger charge is -1.98. The van der Waals surface area contributed by atoms with Crippen molar-refractivity contribution in [2.24, 2.45) is 0 Å². The zero-order valence-electron chi connectivity index (χ0n) is 11.8. The number of fused-ring (bicyclic) bond motifs is 1. The number of aryl methyl sites for hydroxylation is 2. The molecule has 0 aliphatic rings. The van der Waals surface area contributed by atoms with Crippen LogP contribution in [-0.4, -0.2) is 24.8 Å². The Kier molecular flexibility index (Phi) is 3.36. The molecule has 0 aliphatic carbocycles. The minimum atomic E-state index is 0.824. The standard InChI is InChI=1S/C16H13N5S/c1-2-4-12(5-3-1)6-7-14-18-19-16-21(14)20-15(22-16)13-8-10-17-11-9-13/h1-5,8-11H,6-7H2. The Morgan fingerprint density at radius 1 is 0.909 bits per heavy atom. The van der Waals surface area contributed by atoms with Gasteiger partial charge >= 0.3 is 0 Å². The molecule has 0 amide bonds. The molecule has 3 heterocycles. The summed E-state index contributed by atoms with van der Waals surface area (Å²) in [6, 6.07) is 14.3. The van der Waals surface area contributed by atoms with Crippen molar-refractivity contribution in [2.75, 3.05) is 0 Å². The van der Waals surface area contributed by atoms with Crippen LogP contribution in [0.1, 0.15) is 11.4 Å². The molecule has 0 spiro atoms. The maximum Gasteiger partial charge on any atom is 0.234 e. The van der Waals surface area contributed by atoms with Crippen LogP contribution in [0.15, 0.2) is 54.9 Å². The molecular formula is C16H13N5S. The molecule has 6 heteroatoms. The van der Waals surface area contributed by atoms with E-state index >= 15 is 0 Å². The topological polar surface area (TPSA) is 56.0 Å². The highest BCUT2D eigenvalue weighted by Gasteiger charge is 2.12. The largest absolute Gasteiger partial charge is 0.265 e. The summed E-state index contributed by atoms with van der Waals surface area (Å²) in [5.41, 5.74) is 2.35. The van der Waals surface area contributed by atoms with Crippen molar-refractivity contribution >= 4 is 16.3 Å². The highest BCUT2D eigenvalue weighted by molar-refractivity contribution is 7.19. The van der Waals surface area contributed by atoms with Crippen molar-refractivity contribution in [1.82, 2.24) is 24.8 Å². The van der Waals surface area contributed by atoms with E-state index in [1.807, 2.05) is 22.7 Å². The molecule has 3 aromatic heterocycles. The molecule has 0 bridgehead atoms. The van der Waals surface area contributed by atoms with E-state index in [9.17, 15) is 0 Å². The molecule has 22 heavy (non-hydrogen) atoms. The summed E-state index contributed by atoms with van der Waals surface area (Å²) in [7, 11) is 0. The molecule has 108 valence electrons. The first kappa shape index (κ1) is 13.1. The zero-order valence-corrected chi connectivity index (χ0v) is 12.6. The summed E-state index contributed by atoms with van der Waals surface area (Å²) in [5, 5.41) is 14.1. The number of hydrogen-bond donors (Lipinski definition) is 0. The van der Waals surface area contributed by atoms with E-state index in [1.54, 1.807) is 23.7 Å². The second-order valence-electron chi connectivity index (χ2n) is 4.94. The molecule has 0 fully saturated rings. The van der Waals surface area contributed by atoms with Gasteiger partial charge in [-0.1, -0.05) is 41.7 Å². The van der Waals surface area contributed by atoms with Crippen molar-refractivity contribution in [2.45, 2.75) is 12.8 Å². The first-order valence-electron chi connectivity index (χ1n) is 7.05. The fourth-order valence-corrected chi connectivity index (χ4v) is 3.19. The average Bonchev–Trinajstić information content (AvgIpc) is 3.16. The number of rotatable bonds is 4. The van der Waals surface area contributed by atoms with E-state index in [-0.39, 0.29) is 0 Å². The number of aromatic nitrogens is 5. The van der Waals surface area contributed by atoms with Gasteiger partial charge in [-0.05, 0) is 24.1 Å². The van der Waals surface area contributed by atoms with Crippen LogP contribution >= 0.6 is 11.3 Å². The van der Waals surface area contributed by atoms with Gasteiger partial charge in [-0.2, -0.15) is 9.61 Å². The predicted molar refractivity (Wildman–Crippen MR) is 85.7 cm³/mol. The van der Waals surface area contributed by atoms with Gasteiger partial charge in [0.1, 0.15) is 5.01 Å². The van der Waals surface area contributed by atoms with Gasteiger partial charge in [-0.3, -0.25) is 4.98 Å². The highest BCUT2D eigenvalue weighted by Crippen LogP contribution is 2.24. The van der Waals surface area contributed by atoms with Crippen LogP contribution in [0.25, 0.3) is 15.5 Å². The fraction of sp³-hybridized carbons (Fsp3) is 0.125. The molecule has 0 aliphatic heterocycles. The Hall–Kier alpha value is -2.60. The Morgan fingerprint density at radius 3 is 2.55 bits per heavy atom. The molecule has 0 saturated carbocycles. The van der Waals surface area contributed by atoms with Crippen LogP contribution < -0.4 is 0 Å². The molecule has 0 N–H and O–H groups in total. The smallest absolute Gasteiger partial charge is 0.234 e. The lowest BCUT2D eigenvalue weighted by Crippen LogP contribution is -1.99. The summed E-state index contributed by atoms with van der Waals surface area (Å²) >= 11 is 1.54. The van der Waals surface area contributed by atoms with E-state index in [0.717, 1.165) is 34.2 Å². The van der Waals surface area contributed by atoms with Gasteiger partial charge in [0.2, 0.25) is 4.96 Å². The van der Waals surface area contributed by atoms with E-state index in [1.165, 1.54) is 5.56 Å². The third kappa shape index (κ3) is 2.48.